The van der Waals surface area contributed by atoms with E-state index in [9.17, 15) is 62.4 Å². The molecule has 0 bridgehead atoms. The van der Waals surface area contributed by atoms with Crippen molar-refractivity contribution in [2.45, 2.75) is 220 Å². The highest BCUT2D eigenvalue weighted by molar-refractivity contribution is 7.87. The number of rotatable bonds is 36. The Morgan fingerprint density at radius 2 is 0.759 bits per heavy atom. The summed E-state index contributed by atoms with van der Waals surface area (Å²) in [5, 5.41) is 79.0. The number of benzene rings is 3. The highest BCUT2D eigenvalue weighted by Gasteiger charge is 2.35. The second kappa shape index (κ2) is 50.0. The molecule has 16 rings (SSSR count). The zero-order valence-corrected chi connectivity index (χ0v) is 81.4. The quantitative estimate of drug-likeness (QED) is 0.0169. The van der Waals surface area contributed by atoms with Crippen LogP contribution in [0, 0.1) is 50.4 Å². The number of aryl methyl sites for hydroxylation is 7. The molecule has 5 saturated carbocycles. The van der Waals surface area contributed by atoms with Crippen LogP contribution in [0.4, 0.5) is 9.59 Å². The number of carbonyl (C=O) groups is 7. The number of nitrogens with one attached hydrogen (secondary N) is 4. The van der Waals surface area contributed by atoms with Crippen molar-refractivity contribution in [3.05, 3.63) is 202 Å². The molecule has 0 radical (unpaired) electrons. The minimum atomic E-state index is -3.76. The number of hydrogen-bond donors (Lipinski definition) is 8. The number of amides is 3. The number of esters is 1. The second-order valence-corrected chi connectivity index (χ2v) is 37.7. The average molecular weight is 1960 g/mol. The van der Waals surface area contributed by atoms with E-state index in [2.05, 4.69) is 76.9 Å². The Labute approximate surface area is 816 Å². The molecular weight excluding hydrogens is 1840 g/mol. The predicted octanol–water partition coefficient (Wildman–Crippen LogP) is 12.4. The van der Waals surface area contributed by atoms with Gasteiger partial charge in [-0.05, 0) is 207 Å². The predicted molar refractivity (Wildman–Crippen MR) is 513 cm³/mol. The van der Waals surface area contributed by atoms with Gasteiger partial charge in [0.15, 0.2) is 0 Å². The Morgan fingerprint density at radius 1 is 0.404 bits per heavy atom. The van der Waals surface area contributed by atoms with E-state index in [1.54, 1.807) is 79.7 Å². The highest BCUT2D eigenvalue weighted by Crippen LogP contribution is 2.38. The highest BCUT2D eigenvalue weighted by atomic mass is 32.2. The maximum atomic E-state index is 12.8. The largest absolute Gasteiger partial charge is 0.489 e. The van der Waals surface area contributed by atoms with Crippen molar-refractivity contribution in [1.82, 2.24) is 105 Å². The normalized spacial score (nSPS) is 18.4. The second-order valence-electron chi connectivity index (χ2n) is 35.9. The van der Waals surface area contributed by atoms with Gasteiger partial charge in [0.05, 0.1) is 150 Å². The van der Waals surface area contributed by atoms with Gasteiger partial charge in [0.2, 0.25) is 0 Å². The van der Waals surface area contributed by atoms with Gasteiger partial charge < -0.3 is 69.5 Å². The van der Waals surface area contributed by atoms with E-state index in [1.165, 1.54) is 22.5 Å². The SMILES string of the molecule is COCc1nc(-c2nnn(C)c2CNC(=O)OCc2ccccc2)ccc1O[C@H]1CCC[C@H](C(=O)O)C1.Cc1nc(-c2nnn(C)c2CC(=O)OCC2CCC2)ccc1O[C@H]1CCC[C@H](C(=O)O)C1.Cc1nc(-c2nnn(C)c2CNC(=O)NCc2ccccc2)ccc1O[C@H]1CCC[C@H](C(=O)O)C1.Cc1nc(-c2nnn(C)c2CNS(=O)(=O)N(C)Cc2ccccc2)ccc1O[C@H]1CCC[C@H](C(=O)O)C1. The molecule has 5 aliphatic carbocycles. The number of carboxylic acid groups (broad SMARTS) is 4. The first kappa shape index (κ1) is 104. The van der Waals surface area contributed by atoms with Crippen molar-refractivity contribution in [3.8, 4) is 68.5 Å². The lowest BCUT2D eigenvalue weighted by Gasteiger charge is -2.28. The van der Waals surface area contributed by atoms with Crippen LogP contribution >= 0.6 is 0 Å². The molecule has 42 heteroatoms. The number of pyridine rings is 4. The van der Waals surface area contributed by atoms with Gasteiger partial charge in [-0.1, -0.05) is 118 Å². The van der Waals surface area contributed by atoms with Crippen LogP contribution in [0.1, 0.15) is 184 Å². The first-order valence-electron chi connectivity index (χ1n) is 47.3. The molecule has 141 heavy (non-hydrogen) atoms. The Balaban J connectivity index is 0.000000158. The van der Waals surface area contributed by atoms with Crippen molar-refractivity contribution < 1.29 is 95.6 Å². The number of carbonyl (C=O) groups excluding carboxylic acids is 3. The fraction of sp³-hybridized carbons (Fsp3) is 0.465. The molecule has 0 saturated heterocycles. The summed E-state index contributed by atoms with van der Waals surface area (Å²) in [6, 6.07) is 42.5. The first-order valence-corrected chi connectivity index (χ1v) is 48.8. The van der Waals surface area contributed by atoms with Crippen molar-refractivity contribution in [2.24, 2.45) is 57.8 Å². The van der Waals surface area contributed by atoms with E-state index in [1.807, 2.05) is 130 Å². The Morgan fingerprint density at radius 3 is 1.16 bits per heavy atom. The molecule has 3 aromatic carbocycles. The molecule has 8 N–H and O–H groups in total. The minimum Gasteiger partial charge on any atom is -0.489 e. The van der Waals surface area contributed by atoms with E-state index in [0.717, 1.165) is 86.6 Å². The maximum absolute atomic E-state index is 12.8. The number of carboxylic acids is 4. The number of aromatic nitrogens is 16. The summed E-state index contributed by atoms with van der Waals surface area (Å²) < 4.78 is 76.3. The molecule has 8 heterocycles. The number of ether oxygens (including phenoxy) is 7. The smallest absolute Gasteiger partial charge is 0.407 e. The fourth-order valence-electron chi connectivity index (χ4n) is 17.3. The van der Waals surface area contributed by atoms with Gasteiger partial charge in [0, 0.05) is 55.4 Å². The van der Waals surface area contributed by atoms with E-state index in [4.69, 9.17) is 38.1 Å². The lowest BCUT2D eigenvalue weighted by molar-refractivity contribution is -0.145. The van der Waals surface area contributed by atoms with Crippen molar-refractivity contribution in [3.63, 3.8) is 0 Å². The summed E-state index contributed by atoms with van der Waals surface area (Å²) in [7, 11) is 6.27. The molecule has 8 aromatic heterocycles. The molecule has 8 atom stereocenters. The third-order valence-electron chi connectivity index (χ3n) is 25.6. The van der Waals surface area contributed by atoms with Gasteiger partial charge >= 0.3 is 42.0 Å². The van der Waals surface area contributed by atoms with Crippen LogP contribution in [0.15, 0.2) is 140 Å². The van der Waals surface area contributed by atoms with Gasteiger partial charge in [-0.15, -0.1) is 20.4 Å². The number of nitrogens with zero attached hydrogens (tertiary/aromatic N) is 17. The van der Waals surface area contributed by atoms with Gasteiger partial charge in [0.1, 0.15) is 58.1 Å². The molecule has 0 aliphatic heterocycles. The number of methoxy groups -OCH3 is 1. The van der Waals surface area contributed by atoms with Gasteiger partial charge in [-0.25, -0.2) is 38.9 Å². The van der Waals surface area contributed by atoms with Crippen LogP contribution in [0.25, 0.3) is 45.6 Å². The zero-order valence-electron chi connectivity index (χ0n) is 80.6. The number of alkyl carbamates (subject to hydrolysis) is 1. The summed E-state index contributed by atoms with van der Waals surface area (Å²) in [6.45, 7) is 7.39. The van der Waals surface area contributed by atoms with Crippen LogP contribution in [0.3, 0.4) is 0 Å². The molecule has 11 aromatic rings. The van der Waals surface area contributed by atoms with Crippen molar-refractivity contribution in [2.75, 3.05) is 20.8 Å². The van der Waals surface area contributed by atoms with Crippen LogP contribution in [0.2, 0.25) is 0 Å². The topological polar surface area (TPSA) is 525 Å². The van der Waals surface area contributed by atoms with E-state index in [0.29, 0.717) is 179 Å². The molecule has 5 fully saturated rings. The van der Waals surface area contributed by atoms with Crippen molar-refractivity contribution in [1.29, 1.82) is 0 Å². The van der Waals surface area contributed by atoms with E-state index >= 15 is 0 Å². The molecule has 41 nitrogen and oxygen atoms in total. The van der Waals surface area contributed by atoms with Crippen LogP contribution < -0.4 is 39.6 Å². The lowest BCUT2D eigenvalue weighted by atomic mass is 9.86. The third kappa shape index (κ3) is 29.4. The van der Waals surface area contributed by atoms with Crippen LogP contribution in [0.5, 0.6) is 23.0 Å². The van der Waals surface area contributed by atoms with Gasteiger partial charge in [-0.3, -0.25) is 33.3 Å². The number of aliphatic carboxylic acids is 4. The third-order valence-corrected chi connectivity index (χ3v) is 27.0. The summed E-state index contributed by atoms with van der Waals surface area (Å²) in [6.07, 6.45) is 13.6. The van der Waals surface area contributed by atoms with E-state index in [-0.39, 0.29) is 100.0 Å². The zero-order chi connectivity index (χ0) is 100. The maximum Gasteiger partial charge on any atom is 0.407 e. The van der Waals surface area contributed by atoms with Crippen LogP contribution in [-0.4, -0.2) is 200 Å². The van der Waals surface area contributed by atoms with Crippen LogP contribution in [-0.2, 0) is 129 Å². The molecule has 3 amide bonds. The summed E-state index contributed by atoms with van der Waals surface area (Å²) in [5.41, 5.74) is 12.4. The Hall–Kier alpha value is -14.3. The van der Waals surface area contributed by atoms with E-state index < -0.39 is 46.1 Å². The standard InChI is InChI=1S/C26H31N5O6.C25H32N6O5S.C25H30N6O4.C23H30N4O5/c1-31-22(14-27-26(34)36-15-17-7-4-3-5-8-17)24(29-30-31)20-11-12-23(21(28-20)16-35-2)37-19-10-6-9-18(13-19)25(32)33;1-17-23(36-20-11-7-10-19(14-20)25(32)33)13-12-21(27-17)24-22(31(3)29-28-24)15-26-37(34,35)30(2)16-18-8-5-4-6-9-18;1-16-22(35-19-10-6-9-18(13-19)24(32)33)12-11-20(28-16)23-21(31(2)30-29-23)15-27-25(34)26-14-17-7-4-3-5-8-17;1-14-20(32-17-8-4-7-16(11-17)23(29)30)10-9-18(24-14)22-19(27(2)26-25-22)12-21(28)31-13-15-5-3-6-15/h3-5,7-8,11-12,18-19H,6,9-10,13-16H2,1-2H3,(H,27,34)(H,32,33);4-6,8-9,12-13,19-20,26H,7,10-11,14-16H2,1-3H3,(H,32,33);3-5,7-8,11-12,18-19H,6,9-10,13-15H2,1-2H3,(H,32,33)(H2,26,27,34);9-10,15-17H,3-8,11-13H2,1-2H3,(H,29,30)/t18-,19-;19-,20-;18-,19-;16-,17-/m0000/s1. The Bertz CT molecular complexity index is 6200. The minimum absolute atomic E-state index is 0.0159. The van der Waals surface area contributed by atoms with Crippen molar-refractivity contribution >= 4 is 52.2 Å². The molecule has 750 valence electrons. The fourth-order valence-corrected chi connectivity index (χ4v) is 18.1. The molecular formula is C99H123N21O20S. The summed E-state index contributed by atoms with van der Waals surface area (Å²) in [4.78, 5) is 101. The number of hydrogen-bond acceptors (Lipinski definition) is 28. The Kier molecular flexibility index (Phi) is 36.9. The monoisotopic (exact) mass is 1960 g/mol. The summed E-state index contributed by atoms with van der Waals surface area (Å²) in [5.74, 6) is -1.97. The van der Waals surface area contributed by atoms with Gasteiger partial charge in [0.25, 0.3) is 10.2 Å². The lowest BCUT2D eigenvalue weighted by Crippen LogP contribution is -2.37. The molecule has 5 aliphatic rings. The molecule has 0 unspecified atom stereocenters. The number of urea groups is 1. The van der Waals surface area contributed by atoms with Gasteiger partial charge in [-0.2, -0.15) is 17.4 Å². The summed E-state index contributed by atoms with van der Waals surface area (Å²) >= 11 is 0. The first-order chi connectivity index (χ1) is 67.9. The average Bonchev–Trinajstić information content (AvgIpc) is 1.71. The molecule has 0 spiro atoms.